The molecule has 1 atom stereocenters. The molecule has 0 saturated carbocycles. The zero-order valence-corrected chi connectivity index (χ0v) is 16.5. The van der Waals surface area contributed by atoms with E-state index in [2.05, 4.69) is 5.32 Å². The molecular weight excluding hydrogens is 338 g/mol. The Balaban J connectivity index is 1.60. The van der Waals surface area contributed by atoms with Gasteiger partial charge in [-0.15, -0.1) is 0 Å². The Morgan fingerprint density at radius 2 is 1.74 bits per heavy atom. The summed E-state index contributed by atoms with van der Waals surface area (Å²) in [6, 6.07) is 15.7. The van der Waals surface area contributed by atoms with Gasteiger partial charge in [-0.2, -0.15) is 0 Å². The second-order valence-electron chi connectivity index (χ2n) is 6.85. The van der Waals surface area contributed by atoms with Gasteiger partial charge in [-0.25, -0.2) is 0 Å². The van der Waals surface area contributed by atoms with Crippen molar-refractivity contribution < 1.29 is 14.3 Å². The van der Waals surface area contributed by atoms with E-state index in [1.54, 1.807) is 0 Å². The smallest absolute Gasteiger partial charge is 0.220 e. The molecule has 2 aromatic carbocycles. The average Bonchev–Trinajstić information content (AvgIpc) is 2.68. The van der Waals surface area contributed by atoms with Gasteiger partial charge in [0.1, 0.15) is 0 Å². The van der Waals surface area contributed by atoms with Crippen molar-refractivity contribution in [1.82, 2.24) is 5.32 Å². The first-order valence-electron chi connectivity index (χ1n) is 9.51. The molecule has 1 amide bonds. The lowest BCUT2D eigenvalue weighted by molar-refractivity contribution is -0.121. The molecule has 1 N–H and O–H groups in total. The molecule has 4 heteroatoms. The van der Waals surface area contributed by atoms with Gasteiger partial charge < -0.3 is 10.1 Å². The number of hydrogen-bond donors (Lipinski definition) is 1. The number of ether oxygens (including phenoxy) is 1. The van der Waals surface area contributed by atoms with Gasteiger partial charge in [-0.1, -0.05) is 42.5 Å². The fraction of sp³-hybridized carbons (Fsp3) is 0.391. The molecule has 0 aliphatic rings. The van der Waals surface area contributed by atoms with Gasteiger partial charge >= 0.3 is 0 Å². The summed E-state index contributed by atoms with van der Waals surface area (Å²) in [4.78, 5) is 24.1. The lowest BCUT2D eigenvalue weighted by Gasteiger charge is -2.13. The van der Waals surface area contributed by atoms with E-state index >= 15 is 0 Å². The summed E-state index contributed by atoms with van der Waals surface area (Å²) < 4.78 is 5.78. The maximum Gasteiger partial charge on any atom is 0.220 e. The summed E-state index contributed by atoms with van der Waals surface area (Å²) in [6.45, 7) is 7.16. The molecule has 0 radical (unpaired) electrons. The van der Waals surface area contributed by atoms with Crippen LogP contribution in [0.4, 0.5) is 0 Å². The van der Waals surface area contributed by atoms with Crippen molar-refractivity contribution in [2.45, 2.75) is 46.1 Å². The van der Waals surface area contributed by atoms with Crippen LogP contribution in [0.5, 0.6) is 0 Å². The topological polar surface area (TPSA) is 55.4 Å². The molecular formula is C23H29NO3. The summed E-state index contributed by atoms with van der Waals surface area (Å²) in [5.41, 5.74) is 4.07. The van der Waals surface area contributed by atoms with Gasteiger partial charge in [0, 0.05) is 31.6 Å². The van der Waals surface area contributed by atoms with Gasteiger partial charge in [0.2, 0.25) is 5.91 Å². The largest absolute Gasteiger partial charge is 0.374 e. The fourth-order valence-corrected chi connectivity index (χ4v) is 2.76. The Labute approximate surface area is 161 Å². The zero-order valence-electron chi connectivity index (χ0n) is 16.5. The van der Waals surface area contributed by atoms with Crippen molar-refractivity contribution in [3.63, 3.8) is 0 Å². The predicted octanol–water partition coefficient (Wildman–Crippen LogP) is 4.55. The first-order chi connectivity index (χ1) is 13.0. The third kappa shape index (κ3) is 6.99. The van der Waals surface area contributed by atoms with Crippen LogP contribution in [0.3, 0.4) is 0 Å². The molecule has 0 bridgehead atoms. The molecule has 0 aliphatic carbocycles. The highest BCUT2D eigenvalue weighted by Gasteiger charge is 2.10. The number of aryl methyl sites for hydroxylation is 2. The zero-order chi connectivity index (χ0) is 19.6. The van der Waals surface area contributed by atoms with Gasteiger partial charge in [-0.05, 0) is 49.9 Å². The molecule has 0 heterocycles. The fourth-order valence-electron chi connectivity index (χ4n) is 2.76. The summed E-state index contributed by atoms with van der Waals surface area (Å²) in [6.07, 6.45) is 1.23. The molecule has 0 saturated heterocycles. The number of benzene rings is 2. The van der Waals surface area contributed by atoms with Gasteiger partial charge in [0.05, 0.1) is 6.10 Å². The highest BCUT2D eigenvalue weighted by atomic mass is 16.5. The number of Topliss-reactive ketones (excluding diaryl/α,β-unsaturated/α-hetero) is 1. The third-order valence-corrected chi connectivity index (χ3v) is 4.69. The minimum Gasteiger partial charge on any atom is -0.374 e. The molecule has 0 fully saturated rings. The van der Waals surface area contributed by atoms with Crippen LogP contribution < -0.4 is 5.32 Å². The van der Waals surface area contributed by atoms with Gasteiger partial charge in [-0.3, -0.25) is 9.59 Å². The maximum absolute atomic E-state index is 12.2. The summed E-state index contributed by atoms with van der Waals surface area (Å²) in [5.74, 6) is -0.0865. The highest BCUT2D eigenvalue weighted by molar-refractivity contribution is 5.98. The lowest BCUT2D eigenvalue weighted by atomic mass is 10.0. The van der Waals surface area contributed by atoms with Crippen LogP contribution in [0, 0.1) is 13.8 Å². The monoisotopic (exact) mass is 367 g/mol. The van der Waals surface area contributed by atoms with Crippen LogP contribution in [0.15, 0.2) is 48.5 Å². The molecule has 1 unspecified atom stereocenters. The Kier molecular flexibility index (Phi) is 8.21. The van der Waals surface area contributed by atoms with Crippen LogP contribution in [0.2, 0.25) is 0 Å². The standard InChI is InChI=1S/C23H29NO3/c1-17-10-11-21(16-18(17)2)22(25)12-13-23(26)24-14-7-15-27-19(3)20-8-5-4-6-9-20/h4-6,8-11,16,19H,7,12-15H2,1-3H3,(H,24,26). The third-order valence-electron chi connectivity index (χ3n) is 4.69. The van der Waals surface area contributed by atoms with Gasteiger partial charge in [0.15, 0.2) is 5.78 Å². The molecule has 27 heavy (non-hydrogen) atoms. The second kappa shape index (κ2) is 10.6. The molecule has 0 aliphatic heterocycles. The molecule has 2 rings (SSSR count). The number of ketones is 1. The van der Waals surface area contributed by atoms with Gasteiger partial charge in [0.25, 0.3) is 0 Å². The van der Waals surface area contributed by atoms with E-state index < -0.39 is 0 Å². The van der Waals surface area contributed by atoms with Crippen LogP contribution in [-0.4, -0.2) is 24.8 Å². The van der Waals surface area contributed by atoms with Crippen LogP contribution in [0.1, 0.15) is 59.3 Å². The summed E-state index contributed by atoms with van der Waals surface area (Å²) >= 11 is 0. The quantitative estimate of drug-likeness (QED) is 0.495. The van der Waals surface area contributed by atoms with E-state index in [1.807, 2.05) is 69.3 Å². The molecule has 0 aromatic heterocycles. The number of rotatable bonds is 10. The van der Waals surface area contributed by atoms with Crippen molar-refractivity contribution in [2.75, 3.05) is 13.2 Å². The average molecular weight is 367 g/mol. The first kappa shape index (κ1) is 20.8. The lowest BCUT2D eigenvalue weighted by Crippen LogP contribution is -2.25. The van der Waals surface area contributed by atoms with Crippen molar-refractivity contribution in [2.24, 2.45) is 0 Å². The molecule has 4 nitrogen and oxygen atoms in total. The summed E-state index contributed by atoms with van der Waals surface area (Å²) in [7, 11) is 0. The first-order valence-corrected chi connectivity index (χ1v) is 9.51. The van der Waals surface area contributed by atoms with Crippen molar-refractivity contribution >= 4 is 11.7 Å². The molecule has 0 spiro atoms. The van der Waals surface area contributed by atoms with Crippen molar-refractivity contribution in [1.29, 1.82) is 0 Å². The number of carbonyl (C=O) groups is 2. The summed E-state index contributed by atoms with van der Waals surface area (Å²) in [5, 5.41) is 2.85. The Bertz CT molecular complexity index is 755. The number of carbonyl (C=O) groups excluding carboxylic acids is 2. The van der Waals surface area contributed by atoms with E-state index in [9.17, 15) is 9.59 Å². The SMILES string of the molecule is Cc1ccc(C(=O)CCC(=O)NCCCOC(C)c2ccccc2)cc1C. The minimum atomic E-state index is -0.0942. The van der Waals surface area contributed by atoms with E-state index in [4.69, 9.17) is 4.74 Å². The normalized spacial score (nSPS) is 11.8. The Morgan fingerprint density at radius 3 is 2.44 bits per heavy atom. The number of amides is 1. The van der Waals surface area contributed by atoms with Crippen molar-refractivity contribution in [3.8, 4) is 0 Å². The number of hydrogen-bond acceptors (Lipinski definition) is 3. The maximum atomic E-state index is 12.2. The minimum absolute atomic E-state index is 0.00766. The van der Waals surface area contributed by atoms with E-state index in [1.165, 1.54) is 0 Å². The van der Waals surface area contributed by atoms with E-state index in [0.717, 1.165) is 23.1 Å². The molecule has 2 aromatic rings. The Morgan fingerprint density at radius 1 is 1.00 bits per heavy atom. The Hall–Kier alpha value is -2.46. The molecule has 144 valence electrons. The van der Waals surface area contributed by atoms with Crippen LogP contribution >= 0.6 is 0 Å². The number of nitrogens with one attached hydrogen (secondary N) is 1. The van der Waals surface area contributed by atoms with E-state index in [-0.39, 0.29) is 30.6 Å². The van der Waals surface area contributed by atoms with Crippen molar-refractivity contribution in [3.05, 3.63) is 70.8 Å². The van der Waals surface area contributed by atoms with E-state index in [0.29, 0.717) is 18.7 Å². The highest BCUT2D eigenvalue weighted by Crippen LogP contribution is 2.16. The predicted molar refractivity (Wildman–Crippen MR) is 108 cm³/mol. The second-order valence-corrected chi connectivity index (χ2v) is 6.85. The van der Waals surface area contributed by atoms with Crippen LogP contribution in [-0.2, 0) is 9.53 Å². The van der Waals surface area contributed by atoms with Crippen LogP contribution in [0.25, 0.3) is 0 Å².